The number of thioether (sulfide) groups is 1. The van der Waals surface area contributed by atoms with Crippen molar-refractivity contribution in [1.29, 1.82) is 0 Å². The number of allylic oxidation sites excluding steroid dienone is 1. The molecule has 1 aliphatic rings. The van der Waals surface area contributed by atoms with E-state index in [1.807, 2.05) is 6.26 Å². The van der Waals surface area contributed by atoms with Crippen molar-refractivity contribution in [3.63, 3.8) is 0 Å². The molecule has 0 fully saturated rings. The fraction of sp³-hybridized carbons (Fsp3) is 0.312. The van der Waals surface area contributed by atoms with Crippen molar-refractivity contribution in [1.82, 2.24) is 14.8 Å². The van der Waals surface area contributed by atoms with Gasteiger partial charge in [-0.1, -0.05) is 11.8 Å². The molecule has 0 spiro atoms. The summed E-state index contributed by atoms with van der Waals surface area (Å²) in [6, 6.07) is 2.29. The first-order valence-corrected chi connectivity index (χ1v) is 8.78. The quantitative estimate of drug-likeness (QED) is 0.662. The standard InChI is InChI=1S/C16H16F2N4O2S/c1-4-24-14(23)12-8(2)19-15-20-16(25-3)21-22(15)13(12)9-5-10(17)7-11(18)6-9/h5-7,13H,4H2,1-3H3,(H,19,20,21)/t13-/m1/s1. The molecule has 0 aliphatic carbocycles. The fourth-order valence-corrected chi connectivity index (χ4v) is 3.08. The van der Waals surface area contributed by atoms with Crippen LogP contribution in [0.4, 0.5) is 14.7 Å². The van der Waals surface area contributed by atoms with Crippen LogP contribution in [0.15, 0.2) is 34.6 Å². The zero-order valence-corrected chi connectivity index (χ0v) is 14.7. The minimum Gasteiger partial charge on any atom is -0.463 e. The van der Waals surface area contributed by atoms with Crippen molar-refractivity contribution in [3.05, 3.63) is 46.7 Å². The average Bonchev–Trinajstić information content (AvgIpc) is 2.95. The number of rotatable bonds is 4. The largest absolute Gasteiger partial charge is 0.463 e. The van der Waals surface area contributed by atoms with Gasteiger partial charge in [0, 0.05) is 11.8 Å². The molecule has 0 amide bonds. The summed E-state index contributed by atoms with van der Waals surface area (Å²) in [6.45, 7) is 3.56. The van der Waals surface area contributed by atoms with Crippen molar-refractivity contribution in [3.8, 4) is 0 Å². The first kappa shape index (κ1) is 17.4. The van der Waals surface area contributed by atoms with Crippen LogP contribution in [0.25, 0.3) is 0 Å². The van der Waals surface area contributed by atoms with Crippen LogP contribution in [0.2, 0.25) is 0 Å². The van der Waals surface area contributed by atoms with Gasteiger partial charge in [0.2, 0.25) is 11.1 Å². The van der Waals surface area contributed by atoms with E-state index in [0.29, 0.717) is 16.8 Å². The predicted octanol–water partition coefficient (Wildman–Crippen LogP) is 3.13. The van der Waals surface area contributed by atoms with Gasteiger partial charge in [-0.15, -0.1) is 5.10 Å². The van der Waals surface area contributed by atoms with Crippen LogP contribution in [-0.4, -0.2) is 33.6 Å². The van der Waals surface area contributed by atoms with E-state index in [2.05, 4.69) is 15.4 Å². The Morgan fingerprint density at radius 2 is 2.04 bits per heavy atom. The van der Waals surface area contributed by atoms with Gasteiger partial charge in [0.15, 0.2) is 0 Å². The maximum absolute atomic E-state index is 13.8. The van der Waals surface area contributed by atoms with E-state index in [-0.39, 0.29) is 17.7 Å². The monoisotopic (exact) mass is 366 g/mol. The van der Waals surface area contributed by atoms with Crippen molar-refractivity contribution in [2.24, 2.45) is 0 Å². The van der Waals surface area contributed by atoms with Crippen LogP contribution < -0.4 is 5.32 Å². The molecule has 1 atom stereocenters. The predicted molar refractivity (Wildman–Crippen MR) is 89.3 cm³/mol. The minimum atomic E-state index is -0.839. The lowest BCUT2D eigenvalue weighted by molar-refractivity contribution is -0.139. The van der Waals surface area contributed by atoms with Gasteiger partial charge in [-0.25, -0.2) is 18.3 Å². The number of nitrogens with one attached hydrogen (secondary N) is 1. The van der Waals surface area contributed by atoms with Crippen LogP contribution in [0, 0.1) is 11.6 Å². The SMILES string of the molecule is CCOC(=O)C1=C(C)Nc2nc(SC)nn2[C@@H]1c1cc(F)cc(F)c1. The van der Waals surface area contributed by atoms with Gasteiger partial charge < -0.3 is 10.1 Å². The molecule has 9 heteroatoms. The molecular weight excluding hydrogens is 350 g/mol. The van der Waals surface area contributed by atoms with Crippen LogP contribution in [0.5, 0.6) is 0 Å². The number of hydrogen-bond donors (Lipinski definition) is 1. The Morgan fingerprint density at radius 1 is 1.36 bits per heavy atom. The van der Waals surface area contributed by atoms with Crippen molar-refractivity contribution >= 4 is 23.7 Å². The van der Waals surface area contributed by atoms with Gasteiger partial charge >= 0.3 is 5.97 Å². The number of anilines is 1. The highest BCUT2D eigenvalue weighted by Gasteiger charge is 2.35. The molecule has 0 radical (unpaired) electrons. The van der Waals surface area contributed by atoms with Crippen LogP contribution in [0.3, 0.4) is 0 Å². The molecule has 25 heavy (non-hydrogen) atoms. The van der Waals surface area contributed by atoms with E-state index in [9.17, 15) is 13.6 Å². The fourth-order valence-electron chi connectivity index (χ4n) is 2.73. The van der Waals surface area contributed by atoms with Gasteiger partial charge in [0.05, 0.1) is 12.2 Å². The third-order valence-corrected chi connectivity index (χ3v) is 4.25. The first-order valence-electron chi connectivity index (χ1n) is 7.56. The maximum atomic E-state index is 13.8. The van der Waals surface area contributed by atoms with Crippen LogP contribution in [-0.2, 0) is 9.53 Å². The van der Waals surface area contributed by atoms with E-state index in [4.69, 9.17) is 4.74 Å². The highest BCUT2D eigenvalue weighted by Crippen LogP contribution is 2.36. The molecule has 1 aliphatic heterocycles. The van der Waals surface area contributed by atoms with E-state index in [1.165, 1.54) is 28.6 Å². The van der Waals surface area contributed by atoms with Gasteiger partial charge in [-0.2, -0.15) is 4.98 Å². The summed E-state index contributed by atoms with van der Waals surface area (Å²) in [5.74, 6) is -1.65. The number of benzene rings is 1. The minimum absolute atomic E-state index is 0.181. The smallest absolute Gasteiger partial charge is 0.338 e. The zero-order chi connectivity index (χ0) is 18.1. The number of hydrogen-bond acceptors (Lipinski definition) is 6. The average molecular weight is 366 g/mol. The van der Waals surface area contributed by atoms with Gasteiger partial charge in [0.25, 0.3) is 0 Å². The number of nitrogens with zero attached hydrogens (tertiary/aromatic N) is 3. The molecular formula is C16H16F2N4O2S. The van der Waals surface area contributed by atoms with E-state index in [1.54, 1.807) is 13.8 Å². The number of ether oxygens (including phenoxy) is 1. The van der Waals surface area contributed by atoms with Gasteiger partial charge in [-0.05, 0) is 37.8 Å². The Morgan fingerprint density at radius 3 is 2.64 bits per heavy atom. The third kappa shape index (κ3) is 3.23. The molecule has 1 aromatic heterocycles. The van der Waals surface area contributed by atoms with Crippen LogP contribution >= 0.6 is 11.8 Å². The van der Waals surface area contributed by atoms with Crippen LogP contribution in [0.1, 0.15) is 25.5 Å². The Kier molecular flexibility index (Phi) is 4.76. The lowest BCUT2D eigenvalue weighted by atomic mass is 9.95. The summed E-state index contributed by atoms with van der Waals surface area (Å²) >= 11 is 1.32. The molecule has 3 rings (SSSR count). The second-order valence-corrected chi connectivity index (χ2v) is 6.13. The number of aromatic nitrogens is 3. The lowest BCUT2D eigenvalue weighted by Crippen LogP contribution is -2.29. The molecule has 132 valence electrons. The summed E-state index contributed by atoms with van der Waals surface area (Å²) in [4.78, 5) is 16.8. The number of fused-ring (bicyclic) bond motifs is 1. The second kappa shape index (κ2) is 6.83. The van der Waals surface area contributed by atoms with Gasteiger partial charge in [0.1, 0.15) is 17.7 Å². The summed E-state index contributed by atoms with van der Waals surface area (Å²) in [5, 5.41) is 7.81. The maximum Gasteiger partial charge on any atom is 0.338 e. The Labute approximate surface area is 147 Å². The normalized spacial score (nSPS) is 16.4. The number of halogens is 2. The summed E-state index contributed by atoms with van der Waals surface area (Å²) in [6.07, 6.45) is 1.81. The molecule has 6 nitrogen and oxygen atoms in total. The van der Waals surface area contributed by atoms with E-state index >= 15 is 0 Å². The molecule has 2 heterocycles. The molecule has 2 aromatic rings. The molecule has 0 saturated carbocycles. The molecule has 0 unspecified atom stereocenters. The lowest BCUT2D eigenvalue weighted by Gasteiger charge is -2.28. The van der Waals surface area contributed by atoms with Gasteiger partial charge in [-0.3, -0.25) is 0 Å². The summed E-state index contributed by atoms with van der Waals surface area (Å²) < 4.78 is 34.1. The van der Waals surface area contributed by atoms with E-state index in [0.717, 1.165) is 6.07 Å². The molecule has 0 saturated heterocycles. The first-order chi connectivity index (χ1) is 11.9. The van der Waals surface area contributed by atoms with Crippen molar-refractivity contribution in [2.75, 3.05) is 18.2 Å². The second-order valence-electron chi connectivity index (χ2n) is 5.36. The summed E-state index contributed by atoms with van der Waals surface area (Å²) in [7, 11) is 0. The van der Waals surface area contributed by atoms with Crippen molar-refractivity contribution in [2.45, 2.75) is 25.0 Å². The summed E-state index contributed by atoms with van der Waals surface area (Å²) in [5.41, 5.74) is 0.984. The molecule has 1 aromatic carbocycles. The Balaban J connectivity index is 2.20. The topological polar surface area (TPSA) is 69.0 Å². The zero-order valence-electron chi connectivity index (χ0n) is 13.8. The highest BCUT2D eigenvalue weighted by molar-refractivity contribution is 7.98. The highest BCUT2D eigenvalue weighted by atomic mass is 32.2. The molecule has 1 N–H and O–H groups in total. The molecule has 0 bridgehead atoms. The van der Waals surface area contributed by atoms with E-state index < -0.39 is 23.6 Å². The third-order valence-electron chi connectivity index (χ3n) is 3.71. The number of carbonyl (C=O) groups excluding carboxylic acids is 1. The number of esters is 1. The Hall–Kier alpha value is -2.42. The van der Waals surface area contributed by atoms with Crippen molar-refractivity contribution < 1.29 is 18.3 Å². The Bertz CT molecular complexity index is 846. The number of carbonyl (C=O) groups is 1.